The number of rotatable bonds is 6. The molecule has 0 atom stereocenters. The molecule has 18 heavy (non-hydrogen) atoms. The van der Waals surface area contributed by atoms with Crippen molar-refractivity contribution in [1.82, 2.24) is 10.3 Å². The van der Waals surface area contributed by atoms with E-state index in [0.29, 0.717) is 0 Å². The van der Waals surface area contributed by atoms with E-state index in [1.807, 2.05) is 12.3 Å². The lowest BCUT2D eigenvalue weighted by Gasteiger charge is -1.99. The van der Waals surface area contributed by atoms with Crippen LogP contribution in [-0.4, -0.2) is 18.1 Å². The van der Waals surface area contributed by atoms with Crippen molar-refractivity contribution in [3.63, 3.8) is 0 Å². The highest BCUT2D eigenvalue weighted by atomic mass is 16.4. The molecule has 3 heteroatoms. The monoisotopic (exact) mass is 244 g/mol. The molecule has 0 spiro atoms. The van der Waals surface area contributed by atoms with Gasteiger partial charge in [-0.05, 0) is 32.5 Å². The van der Waals surface area contributed by atoms with E-state index in [-0.39, 0.29) is 0 Å². The Morgan fingerprint density at radius 1 is 1.33 bits per heavy atom. The third-order valence-corrected chi connectivity index (χ3v) is 2.85. The number of aryl methyl sites for hydroxylation is 2. The Bertz CT molecular complexity index is 491. The van der Waals surface area contributed by atoms with Crippen molar-refractivity contribution < 1.29 is 4.42 Å². The van der Waals surface area contributed by atoms with Crippen molar-refractivity contribution in [1.29, 1.82) is 0 Å². The fourth-order valence-corrected chi connectivity index (χ4v) is 1.90. The van der Waals surface area contributed by atoms with E-state index in [4.69, 9.17) is 4.42 Å². The number of hydrogen-bond acceptors (Lipinski definition) is 3. The Kier molecular flexibility index (Phi) is 4.53. The molecule has 0 bridgehead atoms. The van der Waals surface area contributed by atoms with E-state index in [0.717, 1.165) is 43.1 Å². The molecule has 0 aliphatic heterocycles. The van der Waals surface area contributed by atoms with Crippen molar-refractivity contribution in [3.8, 4) is 11.3 Å². The molecule has 2 rings (SSSR count). The van der Waals surface area contributed by atoms with Crippen LogP contribution in [0.5, 0.6) is 0 Å². The zero-order chi connectivity index (χ0) is 12.8. The van der Waals surface area contributed by atoms with Crippen LogP contribution >= 0.6 is 0 Å². The van der Waals surface area contributed by atoms with Gasteiger partial charge < -0.3 is 9.73 Å². The number of hydrogen-bond donors (Lipinski definition) is 1. The molecule has 96 valence electrons. The summed E-state index contributed by atoms with van der Waals surface area (Å²) < 4.78 is 5.77. The number of nitrogens with one attached hydrogen (secondary N) is 1. The summed E-state index contributed by atoms with van der Waals surface area (Å²) in [5.74, 6) is 1.68. The highest BCUT2D eigenvalue weighted by molar-refractivity contribution is 5.57. The average Bonchev–Trinajstić information content (AvgIpc) is 2.83. The Morgan fingerprint density at radius 3 is 3.00 bits per heavy atom. The van der Waals surface area contributed by atoms with Crippen LogP contribution in [0, 0.1) is 6.92 Å². The topological polar surface area (TPSA) is 38.1 Å². The first-order valence-electron chi connectivity index (χ1n) is 6.52. The molecule has 1 heterocycles. The molecule has 0 unspecified atom stereocenters. The van der Waals surface area contributed by atoms with Crippen LogP contribution in [0.3, 0.4) is 0 Å². The lowest BCUT2D eigenvalue weighted by Crippen LogP contribution is -2.14. The largest absolute Gasteiger partial charge is 0.441 e. The van der Waals surface area contributed by atoms with Gasteiger partial charge in [0.25, 0.3) is 0 Å². The minimum atomic E-state index is 0.824. The average molecular weight is 244 g/mol. The summed E-state index contributed by atoms with van der Waals surface area (Å²) in [4.78, 5) is 4.33. The third-order valence-electron chi connectivity index (χ3n) is 2.85. The van der Waals surface area contributed by atoms with E-state index in [2.05, 4.69) is 42.3 Å². The standard InChI is InChI=1S/C15H20N2O/c1-3-16-9-5-8-15-17-11-14(18-15)13-7-4-6-12(2)10-13/h4,6-7,10-11,16H,3,5,8-9H2,1-2H3. The molecular weight excluding hydrogens is 224 g/mol. The van der Waals surface area contributed by atoms with Gasteiger partial charge in [0, 0.05) is 12.0 Å². The normalized spacial score (nSPS) is 10.8. The first-order chi connectivity index (χ1) is 8.79. The zero-order valence-electron chi connectivity index (χ0n) is 11.1. The van der Waals surface area contributed by atoms with Gasteiger partial charge in [0.2, 0.25) is 0 Å². The second-order valence-electron chi connectivity index (χ2n) is 4.44. The van der Waals surface area contributed by atoms with Gasteiger partial charge in [0.15, 0.2) is 11.7 Å². The highest BCUT2D eigenvalue weighted by Crippen LogP contribution is 2.21. The molecule has 1 aromatic carbocycles. The second-order valence-corrected chi connectivity index (χ2v) is 4.44. The SMILES string of the molecule is CCNCCCc1ncc(-c2cccc(C)c2)o1. The summed E-state index contributed by atoms with van der Waals surface area (Å²) in [5, 5.41) is 3.30. The summed E-state index contributed by atoms with van der Waals surface area (Å²) in [7, 11) is 0. The van der Waals surface area contributed by atoms with Crippen molar-refractivity contribution in [3.05, 3.63) is 41.9 Å². The Morgan fingerprint density at radius 2 is 2.22 bits per heavy atom. The first kappa shape index (κ1) is 12.8. The number of benzene rings is 1. The van der Waals surface area contributed by atoms with E-state index in [1.54, 1.807) is 0 Å². The van der Waals surface area contributed by atoms with Gasteiger partial charge in [-0.3, -0.25) is 0 Å². The van der Waals surface area contributed by atoms with E-state index in [1.165, 1.54) is 5.56 Å². The summed E-state index contributed by atoms with van der Waals surface area (Å²) >= 11 is 0. The number of oxazole rings is 1. The van der Waals surface area contributed by atoms with E-state index in [9.17, 15) is 0 Å². The molecule has 0 saturated heterocycles. The maximum atomic E-state index is 5.77. The van der Waals surface area contributed by atoms with Gasteiger partial charge in [0.1, 0.15) is 0 Å². The van der Waals surface area contributed by atoms with Crippen LogP contribution in [0.25, 0.3) is 11.3 Å². The fraction of sp³-hybridized carbons (Fsp3) is 0.400. The lowest BCUT2D eigenvalue weighted by atomic mass is 10.1. The fourth-order valence-electron chi connectivity index (χ4n) is 1.90. The molecule has 1 aromatic heterocycles. The van der Waals surface area contributed by atoms with Gasteiger partial charge >= 0.3 is 0 Å². The van der Waals surface area contributed by atoms with Crippen LogP contribution in [-0.2, 0) is 6.42 Å². The maximum absolute atomic E-state index is 5.77. The molecule has 1 N–H and O–H groups in total. The van der Waals surface area contributed by atoms with E-state index >= 15 is 0 Å². The molecular formula is C15H20N2O. The molecule has 0 aliphatic carbocycles. The van der Waals surface area contributed by atoms with Gasteiger partial charge in [0.05, 0.1) is 6.20 Å². The van der Waals surface area contributed by atoms with Crippen molar-refractivity contribution in [2.45, 2.75) is 26.7 Å². The predicted molar refractivity (Wildman–Crippen MR) is 73.5 cm³/mol. The smallest absolute Gasteiger partial charge is 0.194 e. The Hall–Kier alpha value is -1.61. The minimum absolute atomic E-state index is 0.824. The van der Waals surface area contributed by atoms with Crippen molar-refractivity contribution >= 4 is 0 Å². The summed E-state index contributed by atoms with van der Waals surface area (Å²) in [6, 6.07) is 8.29. The lowest BCUT2D eigenvalue weighted by molar-refractivity contribution is 0.493. The number of aromatic nitrogens is 1. The quantitative estimate of drug-likeness (QED) is 0.793. The number of nitrogens with zero attached hydrogens (tertiary/aromatic N) is 1. The summed E-state index contributed by atoms with van der Waals surface area (Å²) in [5.41, 5.74) is 2.33. The van der Waals surface area contributed by atoms with Gasteiger partial charge in [-0.25, -0.2) is 4.98 Å². The highest BCUT2D eigenvalue weighted by Gasteiger charge is 2.06. The molecule has 0 fully saturated rings. The van der Waals surface area contributed by atoms with Crippen LogP contribution in [0.1, 0.15) is 24.8 Å². The molecule has 0 aliphatic rings. The summed E-state index contributed by atoms with van der Waals surface area (Å²) in [6.45, 7) is 6.22. The van der Waals surface area contributed by atoms with Gasteiger partial charge in [-0.15, -0.1) is 0 Å². The minimum Gasteiger partial charge on any atom is -0.441 e. The maximum Gasteiger partial charge on any atom is 0.194 e. The zero-order valence-corrected chi connectivity index (χ0v) is 11.1. The van der Waals surface area contributed by atoms with Crippen LogP contribution in [0.2, 0.25) is 0 Å². The van der Waals surface area contributed by atoms with Gasteiger partial charge in [-0.1, -0.05) is 30.7 Å². The molecule has 0 amide bonds. The predicted octanol–water partition coefficient (Wildman–Crippen LogP) is 3.19. The molecule has 0 saturated carbocycles. The first-order valence-corrected chi connectivity index (χ1v) is 6.52. The van der Waals surface area contributed by atoms with Crippen LogP contribution in [0.15, 0.2) is 34.9 Å². The molecule has 2 aromatic rings. The molecule has 0 radical (unpaired) electrons. The Balaban J connectivity index is 1.97. The van der Waals surface area contributed by atoms with Crippen LogP contribution in [0.4, 0.5) is 0 Å². The van der Waals surface area contributed by atoms with Crippen LogP contribution < -0.4 is 5.32 Å². The second kappa shape index (κ2) is 6.36. The van der Waals surface area contributed by atoms with E-state index < -0.39 is 0 Å². The van der Waals surface area contributed by atoms with Crippen molar-refractivity contribution in [2.24, 2.45) is 0 Å². The summed E-state index contributed by atoms with van der Waals surface area (Å²) in [6.07, 6.45) is 3.76. The molecule has 3 nitrogen and oxygen atoms in total. The van der Waals surface area contributed by atoms with Crippen molar-refractivity contribution in [2.75, 3.05) is 13.1 Å². The van der Waals surface area contributed by atoms with Gasteiger partial charge in [-0.2, -0.15) is 0 Å². The Labute approximate surface area is 108 Å². The third kappa shape index (κ3) is 3.44.